The van der Waals surface area contributed by atoms with Gasteiger partial charge in [0.2, 0.25) is 15.9 Å². The molecule has 0 radical (unpaired) electrons. The van der Waals surface area contributed by atoms with Crippen LogP contribution in [0.1, 0.15) is 11.1 Å². The van der Waals surface area contributed by atoms with Gasteiger partial charge in [0.15, 0.2) is 0 Å². The van der Waals surface area contributed by atoms with E-state index in [0.29, 0.717) is 26.2 Å². The largest absolute Gasteiger partial charge is 0.497 e. The molecule has 0 unspecified atom stereocenters. The maximum absolute atomic E-state index is 13.7. The van der Waals surface area contributed by atoms with Crippen molar-refractivity contribution in [2.45, 2.75) is 24.3 Å². The third kappa shape index (κ3) is 6.42. The van der Waals surface area contributed by atoms with Gasteiger partial charge in [-0.25, -0.2) is 8.42 Å². The summed E-state index contributed by atoms with van der Waals surface area (Å²) in [6.45, 7) is 4.09. The topological polar surface area (TPSA) is 88.2 Å². The van der Waals surface area contributed by atoms with Crippen molar-refractivity contribution in [2.24, 2.45) is 0 Å². The molecule has 1 amide bonds. The molecule has 3 aromatic rings. The van der Waals surface area contributed by atoms with E-state index in [0.717, 1.165) is 22.6 Å². The van der Waals surface area contributed by atoms with E-state index < -0.39 is 16.1 Å². The predicted molar refractivity (Wildman–Crippen MR) is 144 cm³/mol. The Morgan fingerprint density at radius 3 is 2.22 bits per heavy atom. The molecular formula is C28H33N3O5S. The number of aryl methyl sites for hydroxylation is 1. The van der Waals surface area contributed by atoms with Gasteiger partial charge in [0, 0.05) is 31.9 Å². The Balaban J connectivity index is 1.53. The molecule has 1 fully saturated rings. The number of anilines is 1. The smallest absolute Gasteiger partial charge is 0.244 e. The van der Waals surface area contributed by atoms with Crippen LogP contribution in [0, 0.1) is 6.92 Å². The number of methoxy groups -OCH3 is 2. The lowest BCUT2D eigenvalue weighted by molar-refractivity contribution is -0.133. The third-order valence-electron chi connectivity index (χ3n) is 6.52. The molecular weight excluding hydrogens is 490 g/mol. The van der Waals surface area contributed by atoms with Crippen molar-refractivity contribution < 1.29 is 22.7 Å². The lowest BCUT2D eigenvalue weighted by Crippen LogP contribution is -2.55. The number of carbonyl (C=O) groups excluding carboxylic acids is 1. The van der Waals surface area contributed by atoms with Crippen LogP contribution in [0.2, 0.25) is 0 Å². The summed E-state index contributed by atoms with van der Waals surface area (Å²) in [5, 5.41) is 0. The van der Waals surface area contributed by atoms with Gasteiger partial charge in [0.25, 0.3) is 0 Å². The molecule has 1 aliphatic heterocycles. The van der Waals surface area contributed by atoms with Crippen molar-refractivity contribution >= 4 is 21.6 Å². The highest BCUT2D eigenvalue weighted by atomic mass is 32.2. The van der Waals surface area contributed by atoms with Crippen LogP contribution in [-0.2, 0) is 21.2 Å². The Bertz CT molecular complexity index is 1310. The molecule has 1 N–H and O–H groups in total. The van der Waals surface area contributed by atoms with E-state index in [1.165, 1.54) is 7.11 Å². The van der Waals surface area contributed by atoms with E-state index in [1.54, 1.807) is 30.2 Å². The van der Waals surface area contributed by atoms with Gasteiger partial charge in [-0.3, -0.25) is 4.79 Å². The summed E-state index contributed by atoms with van der Waals surface area (Å²) in [6.07, 6.45) is 0.242. The van der Waals surface area contributed by atoms with Crippen LogP contribution < -0.4 is 19.1 Å². The van der Waals surface area contributed by atoms with Crippen LogP contribution in [0.3, 0.4) is 0 Å². The van der Waals surface area contributed by atoms with Crippen molar-refractivity contribution in [3.8, 4) is 11.5 Å². The molecule has 0 aliphatic carbocycles. The molecule has 1 saturated heterocycles. The molecule has 37 heavy (non-hydrogen) atoms. The first-order valence-corrected chi connectivity index (χ1v) is 13.7. The number of nitrogens with one attached hydrogen (secondary N) is 1. The van der Waals surface area contributed by atoms with E-state index in [4.69, 9.17) is 9.47 Å². The molecule has 3 aromatic carbocycles. The van der Waals surface area contributed by atoms with Gasteiger partial charge >= 0.3 is 0 Å². The van der Waals surface area contributed by atoms with E-state index in [-0.39, 0.29) is 23.0 Å². The van der Waals surface area contributed by atoms with E-state index >= 15 is 0 Å². The number of hydrogen-bond acceptors (Lipinski definition) is 6. The van der Waals surface area contributed by atoms with Gasteiger partial charge in [-0.05, 0) is 60.9 Å². The fourth-order valence-corrected chi connectivity index (χ4v) is 5.92. The SMILES string of the molecule is COc1ccc(N2CCN(C(=O)[C@@H](Cc3ccccc3)NS(=O)(=O)c3cc(C)ccc3OC)CC2)cc1. The Morgan fingerprint density at radius 2 is 1.59 bits per heavy atom. The third-order valence-corrected chi connectivity index (χ3v) is 8.01. The highest BCUT2D eigenvalue weighted by molar-refractivity contribution is 7.89. The quantitative estimate of drug-likeness (QED) is 0.463. The van der Waals surface area contributed by atoms with Crippen molar-refractivity contribution in [3.63, 3.8) is 0 Å². The molecule has 8 nitrogen and oxygen atoms in total. The Kier molecular flexibility index (Phi) is 8.35. The standard InChI is InChI=1S/C28H33N3O5S/c1-21-9-14-26(36-3)27(19-21)37(33,34)29-25(20-22-7-5-4-6-8-22)28(32)31-17-15-30(16-18-31)23-10-12-24(35-2)13-11-23/h4-14,19,25,29H,15-18,20H2,1-3H3/t25-/m1/s1. The summed E-state index contributed by atoms with van der Waals surface area (Å²) in [7, 11) is -0.971. The summed E-state index contributed by atoms with van der Waals surface area (Å²) >= 11 is 0. The molecule has 0 aromatic heterocycles. The van der Waals surface area contributed by atoms with Crippen molar-refractivity contribution in [1.82, 2.24) is 9.62 Å². The number of ether oxygens (including phenoxy) is 2. The minimum absolute atomic E-state index is 0.0187. The first-order valence-electron chi connectivity index (χ1n) is 12.2. The second kappa shape index (κ2) is 11.7. The molecule has 4 rings (SSSR count). The molecule has 0 saturated carbocycles. The zero-order valence-electron chi connectivity index (χ0n) is 21.4. The molecule has 0 spiro atoms. The van der Waals surface area contributed by atoms with Crippen molar-refractivity contribution in [2.75, 3.05) is 45.3 Å². The molecule has 0 bridgehead atoms. The van der Waals surface area contributed by atoms with Crippen LogP contribution in [0.5, 0.6) is 11.5 Å². The monoisotopic (exact) mass is 523 g/mol. The zero-order valence-corrected chi connectivity index (χ0v) is 22.2. The number of rotatable bonds is 9. The summed E-state index contributed by atoms with van der Waals surface area (Å²) in [5.74, 6) is 0.782. The minimum Gasteiger partial charge on any atom is -0.497 e. The van der Waals surface area contributed by atoms with Gasteiger partial charge in [-0.2, -0.15) is 4.72 Å². The average Bonchev–Trinajstić information content (AvgIpc) is 2.93. The number of amides is 1. The highest BCUT2D eigenvalue weighted by Crippen LogP contribution is 2.26. The summed E-state index contributed by atoms with van der Waals surface area (Å²) in [6, 6.07) is 21.3. The lowest BCUT2D eigenvalue weighted by atomic mass is 10.1. The van der Waals surface area contributed by atoms with Crippen LogP contribution >= 0.6 is 0 Å². The van der Waals surface area contributed by atoms with Gasteiger partial charge in [0.1, 0.15) is 22.4 Å². The van der Waals surface area contributed by atoms with Gasteiger partial charge in [-0.15, -0.1) is 0 Å². The highest BCUT2D eigenvalue weighted by Gasteiger charge is 2.32. The van der Waals surface area contributed by atoms with Crippen LogP contribution in [0.15, 0.2) is 77.7 Å². The van der Waals surface area contributed by atoms with E-state index in [9.17, 15) is 13.2 Å². The average molecular weight is 524 g/mol. The molecule has 1 heterocycles. The number of carbonyl (C=O) groups is 1. The summed E-state index contributed by atoms with van der Waals surface area (Å²) in [5.41, 5.74) is 2.71. The van der Waals surface area contributed by atoms with Crippen molar-refractivity contribution in [3.05, 3.63) is 83.9 Å². The fraction of sp³-hybridized carbons (Fsp3) is 0.321. The number of hydrogen-bond donors (Lipinski definition) is 1. The Morgan fingerprint density at radius 1 is 0.919 bits per heavy atom. The molecule has 1 aliphatic rings. The summed E-state index contributed by atoms with van der Waals surface area (Å²) in [4.78, 5) is 17.7. The van der Waals surface area contributed by atoms with Crippen LogP contribution in [0.4, 0.5) is 5.69 Å². The molecule has 1 atom stereocenters. The van der Waals surface area contributed by atoms with Gasteiger partial charge in [0.05, 0.1) is 14.2 Å². The summed E-state index contributed by atoms with van der Waals surface area (Å²) < 4.78 is 40.1. The maximum Gasteiger partial charge on any atom is 0.244 e. The second-order valence-electron chi connectivity index (χ2n) is 9.03. The van der Waals surface area contributed by atoms with Crippen molar-refractivity contribution in [1.29, 1.82) is 0 Å². The number of piperazine rings is 1. The lowest BCUT2D eigenvalue weighted by Gasteiger charge is -2.37. The predicted octanol–water partition coefficient (Wildman–Crippen LogP) is 3.25. The number of nitrogens with zero attached hydrogens (tertiary/aromatic N) is 2. The first kappa shape index (κ1) is 26.5. The zero-order chi connectivity index (χ0) is 26.4. The van der Waals surface area contributed by atoms with Crippen LogP contribution in [-0.4, -0.2) is 65.7 Å². The van der Waals surface area contributed by atoms with E-state index in [1.807, 2.05) is 61.5 Å². The van der Waals surface area contributed by atoms with E-state index in [2.05, 4.69) is 9.62 Å². The van der Waals surface area contributed by atoms with Gasteiger partial charge < -0.3 is 19.3 Å². The second-order valence-corrected chi connectivity index (χ2v) is 10.7. The maximum atomic E-state index is 13.7. The normalized spacial score (nSPS) is 14.8. The molecule has 196 valence electrons. The van der Waals surface area contributed by atoms with Gasteiger partial charge in [-0.1, -0.05) is 36.4 Å². The van der Waals surface area contributed by atoms with Crippen LogP contribution in [0.25, 0.3) is 0 Å². The molecule has 9 heteroatoms. The first-order chi connectivity index (χ1) is 17.8. The number of benzene rings is 3. The minimum atomic E-state index is -4.03. The Labute approximate surface area is 218 Å². The Hall–Kier alpha value is -3.56. The number of sulfonamides is 1. The fourth-order valence-electron chi connectivity index (χ4n) is 4.47.